The van der Waals surface area contributed by atoms with Crippen molar-refractivity contribution >= 4 is 17.5 Å². The number of hydrogen-bond acceptors (Lipinski definition) is 6. The lowest BCUT2D eigenvalue weighted by Crippen LogP contribution is -2.18. The van der Waals surface area contributed by atoms with Crippen molar-refractivity contribution in [2.75, 3.05) is 5.32 Å². The van der Waals surface area contributed by atoms with Crippen molar-refractivity contribution in [1.29, 1.82) is 0 Å². The SMILES string of the molecule is CCCn1cc(NC(=O)c2coc(-c3ccncc3)n2)c(C(N)=O)n1. The zero-order valence-corrected chi connectivity index (χ0v) is 13.5. The van der Waals surface area contributed by atoms with Crippen LogP contribution >= 0.6 is 0 Å². The lowest BCUT2D eigenvalue weighted by Gasteiger charge is -2.00. The van der Waals surface area contributed by atoms with Crippen LogP contribution in [-0.4, -0.2) is 31.6 Å². The quantitative estimate of drug-likeness (QED) is 0.702. The average Bonchev–Trinajstić information content (AvgIpc) is 3.23. The second-order valence-corrected chi connectivity index (χ2v) is 5.25. The Morgan fingerprint density at radius 2 is 2.08 bits per heavy atom. The van der Waals surface area contributed by atoms with E-state index in [9.17, 15) is 9.59 Å². The van der Waals surface area contributed by atoms with Crippen molar-refractivity contribution in [3.63, 3.8) is 0 Å². The predicted octanol–water partition coefficient (Wildman–Crippen LogP) is 1.69. The number of nitrogens with one attached hydrogen (secondary N) is 1. The molecular formula is C16H16N6O3. The van der Waals surface area contributed by atoms with Crippen LogP contribution in [0.25, 0.3) is 11.5 Å². The highest BCUT2D eigenvalue weighted by Crippen LogP contribution is 2.19. The fourth-order valence-electron chi connectivity index (χ4n) is 2.23. The van der Waals surface area contributed by atoms with E-state index in [-0.39, 0.29) is 17.1 Å². The summed E-state index contributed by atoms with van der Waals surface area (Å²) in [6.07, 6.45) is 6.82. The third kappa shape index (κ3) is 3.55. The van der Waals surface area contributed by atoms with Crippen LogP contribution in [0.5, 0.6) is 0 Å². The molecule has 0 bridgehead atoms. The summed E-state index contributed by atoms with van der Waals surface area (Å²) >= 11 is 0. The van der Waals surface area contributed by atoms with E-state index in [4.69, 9.17) is 10.2 Å². The van der Waals surface area contributed by atoms with Crippen molar-refractivity contribution in [3.05, 3.63) is 48.4 Å². The molecule has 0 radical (unpaired) electrons. The van der Waals surface area contributed by atoms with Crippen LogP contribution in [0.3, 0.4) is 0 Å². The number of aromatic nitrogens is 4. The van der Waals surface area contributed by atoms with Gasteiger partial charge in [0, 0.05) is 30.7 Å². The molecule has 0 aliphatic rings. The number of oxazole rings is 1. The maximum atomic E-state index is 12.4. The molecule has 0 aromatic carbocycles. The van der Waals surface area contributed by atoms with Crippen LogP contribution in [0.15, 0.2) is 41.4 Å². The molecule has 128 valence electrons. The zero-order valence-electron chi connectivity index (χ0n) is 13.5. The smallest absolute Gasteiger partial charge is 0.277 e. The topological polar surface area (TPSA) is 129 Å². The second-order valence-electron chi connectivity index (χ2n) is 5.25. The number of aryl methyl sites for hydroxylation is 1. The first-order valence-corrected chi connectivity index (χ1v) is 7.63. The Kier molecular flexibility index (Phi) is 4.55. The third-order valence-corrected chi connectivity index (χ3v) is 3.36. The number of anilines is 1. The van der Waals surface area contributed by atoms with Crippen LogP contribution in [0.2, 0.25) is 0 Å². The van der Waals surface area contributed by atoms with Crippen molar-refractivity contribution < 1.29 is 14.0 Å². The van der Waals surface area contributed by atoms with E-state index in [1.165, 1.54) is 6.26 Å². The molecular weight excluding hydrogens is 324 g/mol. The van der Waals surface area contributed by atoms with E-state index in [1.54, 1.807) is 35.4 Å². The van der Waals surface area contributed by atoms with Crippen LogP contribution < -0.4 is 11.1 Å². The van der Waals surface area contributed by atoms with Crippen LogP contribution in [-0.2, 0) is 6.54 Å². The maximum absolute atomic E-state index is 12.4. The Hall–Kier alpha value is -3.49. The van der Waals surface area contributed by atoms with E-state index < -0.39 is 11.8 Å². The summed E-state index contributed by atoms with van der Waals surface area (Å²) < 4.78 is 6.88. The molecule has 9 nitrogen and oxygen atoms in total. The van der Waals surface area contributed by atoms with Gasteiger partial charge >= 0.3 is 0 Å². The minimum atomic E-state index is -0.720. The highest BCUT2D eigenvalue weighted by Gasteiger charge is 2.19. The molecule has 9 heteroatoms. The van der Waals surface area contributed by atoms with Crippen molar-refractivity contribution in [2.45, 2.75) is 19.9 Å². The molecule has 0 aliphatic heterocycles. The number of hydrogen-bond donors (Lipinski definition) is 2. The minimum Gasteiger partial charge on any atom is -0.444 e. The van der Waals surface area contributed by atoms with E-state index in [1.807, 2.05) is 6.92 Å². The van der Waals surface area contributed by atoms with Gasteiger partial charge in [-0.2, -0.15) is 5.10 Å². The molecule has 3 heterocycles. The number of rotatable bonds is 6. The Balaban J connectivity index is 1.81. The molecule has 3 N–H and O–H groups in total. The van der Waals surface area contributed by atoms with Crippen LogP contribution in [0.1, 0.15) is 34.3 Å². The second kappa shape index (κ2) is 6.95. The first-order valence-electron chi connectivity index (χ1n) is 7.63. The van der Waals surface area contributed by atoms with E-state index in [0.29, 0.717) is 18.0 Å². The van der Waals surface area contributed by atoms with Gasteiger partial charge in [0.2, 0.25) is 5.89 Å². The predicted molar refractivity (Wildman–Crippen MR) is 88.7 cm³/mol. The number of carbonyl (C=O) groups excluding carboxylic acids is 2. The lowest BCUT2D eigenvalue weighted by atomic mass is 10.3. The Labute approximate surface area is 142 Å². The van der Waals surface area contributed by atoms with Crippen molar-refractivity contribution in [1.82, 2.24) is 19.7 Å². The third-order valence-electron chi connectivity index (χ3n) is 3.36. The summed E-state index contributed by atoms with van der Waals surface area (Å²) in [7, 11) is 0. The van der Waals surface area contributed by atoms with Gasteiger partial charge in [0.1, 0.15) is 6.26 Å². The van der Waals surface area contributed by atoms with E-state index in [0.717, 1.165) is 6.42 Å². The highest BCUT2D eigenvalue weighted by molar-refractivity contribution is 6.07. The molecule has 0 saturated carbocycles. The molecule has 0 aliphatic carbocycles. The molecule has 0 fully saturated rings. The largest absolute Gasteiger partial charge is 0.444 e. The maximum Gasteiger partial charge on any atom is 0.277 e. The number of pyridine rings is 1. The number of amides is 2. The lowest BCUT2D eigenvalue weighted by molar-refractivity contribution is 0.0995. The standard InChI is InChI=1S/C16H16N6O3/c1-2-7-22-8-11(13(21-22)14(17)23)19-15(24)12-9-25-16(20-12)10-3-5-18-6-4-10/h3-6,8-9H,2,7H2,1H3,(H2,17,23)(H,19,24). The Morgan fingerprint density at radius 3 is 2.76 bits per heavy atom. The zero-order chi connectivity index (χ0) is 17.8. The summed E-state index contributed by atoms with van der Waals surface area (Å²) in [5, 5.41) is 6.67. The van der Waals surface area contributed by atoms with Gasteiger partial charge in [0.05, 0.1) is 5.69 Å². The molecule has 3 aromatic heterocycles. The van der Waals surface area contributed by atoms with Gasteiger partial charge in [-0.25, -0.2) is 4.98 Å². The number of primary amides is 1. The molecule has 0 unspecified atom stereocenters. The van der Waals surface area contributed by atoms with Gasteiger partial charge in [-0.1, -0.05) is 6.92 Å². The Bertz CT molecular complexity index is 900. The molecule has 0 saturated heterocycles. The fraction of sp³-hybridized carbons (Fsp3) is 0.188. The first kappa shape index (κ1) is 16.4. The molecule has 2 amide bonds. The number of nitrogens with two attached hydrogens (primary N) is 1. The summed E-state index contributed by atoms with van der Waals surface area (Å²) in [5.74, 6) is -0.949. The highest BCUT2D eigenvalue weighted by atomic mass is 16.3. The molecule has 3 aromatic rings. The van der Waals surface area contributed by atoms with Crippen molar-refractivity contribution in [2.24, 2.45) is 5.73 Å². The molecule has 25 heavy (non-hydrogen) atoms. The van der Waals surface area contributed by atoms with Gasteiger partial charge in [0.15, 0.2) is 11.4 Å². The summed E-state index contributed by atoms with van der Waals surface area (Å²) in [6, 6.07) is 3.43. The minimum absolute atomic E-state index is 0.000322. The van der Waals surface area contributed by atoms with Gasteiger partial charge in [-0.05, 0) is 18.6 Å². The van der Waals surface area contributed by atoms with E-state index >= 15 is 0 Å². The molecule has 0 spiro atoms. The van der Waals surface area contributed by atoms with Gasteiger partial charge in [0.25, 0.3) is 11.8 Å². The van der Waals surface area contributed by atoms with Crippen LogP contribution in [0, 0.1) is 0 Å². The van der Waals surface area contributed by atoms with Gasteiger partial charge in [-0.3, -0.25) is 19.3 Å². The van der Waals surface area contributed by atoms with Crippen molar-refractivity contribution in [3.8, 4) is 11.5 Å². The summed E-state index contributed by atoms with van der Waals surface area (Å²) in [5.41, 5.74) is 6.32. The summed E-state index contributed by atoms with van der Waals surface area (Å²) in [4.78, 5) is 31.9. The monoisotopic (exact) mass is 340 g/mol. The fourth-order valence-corrected chi connectivity index (χ4v) is 2.23. The van der Waals surface area contributed by atoms with E-state index in [2.05, 4.69) is 20.4 Å². The molecule has 0 atom stereocenters. The molecule has 3 rings (SSSR count). The number of nitrogens with zero attached hydrogens (tertiary/aromatic N) is 4. The normalized spacial score (nSPS) is 10.6. The van der Waals surface area contributed by atoms with Gasteiger partial charge < -0.3 is 15.5 Å². The number of carbonyl (C=O) groups is 2. The Morgan fingerprint density at radius 1 is 1.32 bits per heavy atom. The first-order chi connectivity index (χ1) is 12.1. The average molecular weight is 340 g/mol. The van der Waals surface area contributed by atoms with Gasteiger partial charge in [-0.15, -0.1) is 0 Å². The van der Waals surface area contributed by atoms with Crippen LogP contribution in [0.4, 0.5) is 5.69 Å². The summed E-state index contributed by atoms with van der Waals surface area (Å²) in [6.45, 7) is 2.58.